The molecule has 1 aromatic carbocycles. The molecular formula is C10H14ClNO3S. The minimum Gasteiger partial charge on any atom is -0.329 e. The van der Waals surface area contributed by atoms with E-state index in [1.165, 1.54) is 6.92 Å². The largest absolute Gasteiger partial charge is 0.329 e. The highest BCUT2D eigenvalue weighted by Crippen LogP contribution is 2.21. The highest BCUT2D eigenvalue weighted by Gasteiger charge is 2.36. The predicted molar refractivity (Wildman–Crippen MR) is 64.2 cm³/mol. The van der Waals surface area contributed by atoms with Crippen molar-refractivity contribution in [3.05, 3.63) is 34.9 Å². The molecule has 1 rings (SSSR count). The van der Waals surface area contributed by atoms with Crippen LogP contribution in [0.4, 0.5) is 0 Å². The number of rotatable bonds is 4. The SMILES string of the molecule is CC(CN)(Cc1ccc(Cl)cc1)S(=O)(=O)O. The van der Waals surface area contributed by atoms with Crippen molar-refractivity contribution in [2.45, 2.75) is 18.1 Å². The van der Waals surface area contributed by atoms with E-state index in [-0.39, 0.29) is 13.0 Å². The molecule has 0 aliphatic carbocycles. The first-order chi connectivity index (χ1) is 7.28. The van der Waals surface area contributed by atoms with Gasteiger partial charge in [0.25, 0.3) is 10.1 Å². The smallest absolute Gasteiger partial charge is 0.271 e. The molecule has 3 N–H and O–H groups in total. The van der Waals surface area contributed by atoms with Crippen molar-refractivity contribution >= 4 is 21.7 Å². The third kappa shape index (κ3) is 2.95. The van der Waals surface area contributed by atoms with E-state index in [9.17, 15) is 8.42 Å². The molecule has 1 aromatic rings. The Balaban J connectivity index is 2.99. The zero-order valence-electron chi connectivity index (χ0n) is 8.85. The molecule has 16 heavy (non-hydrogen) atoms. The molecule has 0 aliphatic rings. The first-order valence-electron chi connectivity index (χ1n) is 4.70. The molecule has 90 valence electrons. The second-order valence-electron chi connectivity index (χ2n) is 3.93. The fourth-order valence-corrected chi connectivity index (χ4v) is 1.99. The summed E-state index contributed by atoms with van der Waals surface area (Å²) in [5.41, 5.74) is 6.16. The van der Waals surface area contributed by atoms with Crippen LogP contribution in [0.2, 0.25) is 5.02 Å². The maximum Gasteiger partial charge on any atom is 0.271 e. The Morgan fingerprint density at radius 3 is 2.25 bits per heavy atom. The summed E-state index contributed by atoms with van der Waals surface area (Å²) in [6, 6.07) is 6.75. The Morgan fingerprint density at radius 2 is 1.88 bits per heavy atom. The van der Waals surface area contributed by atoms with Crippen LogP contribution in [0, 0.1) is 0 Å². The molecular weight excluding hydrogens is 250 g/mol. The summed E-state index contributed by atoms with van der Waals surface area (Å²) in [6.07, 6.45) is 0.152. The van der Waals surface area contributed by atoms with Gasteiger partial charge in [0.05, 0.1) is 0 Å². The highest BCUT2D eigenvalue weighted by molar-refractivity contribution is 7.87. The number of benzene rings is 1. The normalized spacial score (nSPS) is 15.8. The average molecular weight is 264 g/mol. The molecule has 0 radical (unpaired) electrons. The summed E-state index contributed by atoms with van der Waals surface area (Å²) < 4.78 is 30.2. The van der Waals surface area contributed by atoms with Gasteiger partial charge in [0, 0.05) is 11.6 Å². The number of hydrogen-bond donors (Lipinski definition) is 2. The van der Waals surface area contributed by atoms with Crippen molar-refractivity contribution in [1.29, 1.82) is 0 Å². The molecule has 0 aliphatic heterocycles. The fraction of sp³-hybridized carbons (Fsp3) is 0.400. The van der Waals surface area contributed by atoms with E-state index in [1.807, 2.05) is 0 Å². The summed E-state index contributed by atoms with van der Waals surface area (Å²) >= 11 is 5.71. The molecule has 0 heterocycles. The average Bonchev–Trinajstić information content (AvgIpc) is 2.19. The topological polar surface area (TPSA) is 80.4 Å². The van der Waals surface area contributed by atoms with Crippen LogP contribution in [0.15, 0.2) is 24.3 Å². The Bertz CT molecular complexity index is 457. The van der Waals surface area contributed by atoms with Crippen LogP contribution in [-0.2, 0) is 16.5 Å². The minimum atomic E-state index is -4.18. The lowest BCUT2D eigenvalue weighted by atomic mass is 10.0. The molecule has 0 amide bonds. The van der Waals surface area contributed by atoms with Crippen LogP contribution >= 0.6 is 11.6 Å². The third-order valence-corrected chi connectivity index (χ3v) is 4.35. The van der Waals surface area contributed by atoms with Gasteiger partial charge in [-0.05, 0) is 31.0 Å². The number of hydrogen-bond acceptors (Lipinski definition) is 3. The van der Waals surface area contributed by atoms with E-state index in [1.54, 1.807) is 24.3 Å². The molecule has 0 bridgehead atoms. The monoisotopic (exact) mass is 263 g/mol. The van der Waals surface area contributed by atoms with Crippen LogP contribution in [0.25, 0.3) is 0 Å². The van der Waals surface area contributed by atoms with Crippen molar-refractivity contribution in [1.82, 2.24) is 0 Å². The summed E-state index contributed by atoms with van der Waals surface area (Å²) in [4.78, 5) is 0. The van der Waals surface area contributed by atoms with E-state index in [4.69, 9.17) is 21.9 Å². The van der Waals surface area contributed by atoms with Gasteiger partial charge in [-0.2, -0.15) is 8.42 Å². The maximum absolute atomic E-state index is 11.2. The molecule has 0 saturated carbocycles. The maximum atomic E-state index is 11.2. The van der Waals surface area contributed by atoms with Gasteiger partial charge < -0.3 is 5.73 Å². The molecule has 0 spiro atoms. The second-order valence-corrected chi connectivity index (χ2v) is 6.30. The van der Waals surface area contributed by atoms with Gasteiger partial charge in [-0.25, -0.2) is 0 Å². The third-order valence-electron chi connectivity index (χ3n) is 2.55. The van der Waals surface area contributed by atoms with E-state index in [0.29, 0.717) is 5.02 Å². The Hall–Kier alpha value is -0.620. The molecule has 1 unspecified atom stereocenters. The van der Waals surface area contributed by atoms with Crippen molar-refractivity contribution in [3.8, 4) is 0 Å². The first-order valence-corrected chi connectivity index (χ1v) is 6.52. The van der Waals surface area contributed by atoms with E-state index >= 15 is 0 Å². The lowest BCUT2D eigenvalue weighted by Gasteiger charge is -2.24. The number of nitrogens with two attached hydrogens (primary N) is 1. The molecule has 6 heteroatoms. The molecule has 0 saturated heterocycles. The van der Waals surface area contributed by atoms with Crippen LogP contribution in [-0.4, -0.2) is 24.3 Å². The van der Waals surface area contributed by atoms with Gasteiger partial charge in [-0.15, -0.1) is 0 Å². The van der Waals surface area contributed by atoms with Gasteiger partial charge in [0.15, 0.2) is 0 Å². The van der Waals surface area contributed by atoms with Gasteiger partial charge in [-0.1, -0.05) is 23.7 Å². The quantitative estimate of drug-likeness (QED) is 0.807. The highest BCUT2D eigenvalue weighted by atomic mass is 35.5. The molecule has 1 atom stereocenters. The Labute approximate surface area is 100 Å². The molecule has 0 fully saturated rings. The zero-order chi connectivity index (χ0) is 12.4. The van der Waals surface area contributed by atoms with E-state index in [0.717, 1.165) is 5.56 Å². The lowest BCUT2D eigenvalue weighted by molar-refractivity contribution is 0.431. The van der Waals surface area contributed by atoms with Crippen LogP contribution in [0.1, 0.15) is 12.5 Å². The fourth-order valence-electron chi connectivity index (χ4n) is 1.30. The predicted octanol–water partition coefficient (Wildman–Crippen LogP) is 1.49. The van der Waals surface area contributed by atoms with Gasteiger partial charge in [-0.3, -0.25) is 4.55 Å². The van der Waals surface area contributed by atoms with Crippen molar-refractivity contribution in [2.75, 3.05) is 6.54 Å². The van der Waals surface area contributed by atoms with E-state index in [2.05, 4.69) is 0 Å². The number of halogens is 1. The second kappa shape index (κ2) is 4.71. The Morgan fingerprint density at radius 1 is 1.38 bits per heavy atom. The van der Waals surface area contributed by atoms with Gasteiger partial charge >= 0.3 is 0 Å². The van der Waals surface area contributed by atoms with Crippen molar-refractivity contribution < 1.29 is 13.0 Å². The van der Waals surface area contributed by atoms with Crippen LogP contribution in [0.5, 0.6) is 0 Å². The summed E-state index contributed by atoms with van der Waals surface area (Å²) in [6.45, 7) is 1.27. The summed E-state index contributed by atoms with van der Waals surface area (Å²) in [7, 11) is -4.18. The Kier molecular flexibility index (Phi) is 3.96. The van der Waals surface area contributed by atoms with Crippen molar-refractivity contribution in [2.24, 2.45) is 5.73 Å². The van der Waals surface area contributed by atoms with Crippen molar-refractivity contribution in [3.63, 3.8) is 0 Å². The van der Waals surface area contributed by atoms with Gasteiger partial charge in [0.1, 0.15) is 4.75 Å². The standard InChI is InChI=1S/C10H14ClNO3S/c1-10(7-12,16(13,14)15)6-8-2-4-9(11)5-3-8/h2-5H,6-7,12H2,1H3,(H,13,14,15). The first kappa shape index (κ1) is 13.4. The summed E-state index contributed by atoms with van der Waals surface area (Å²) in [5.74, 6) is 0. The molecule has 4 nitrogen and oxygen atoms in total. The lowest BCUT2D eigenvalue weighted by Crippen LogP contribution is -2.44. The zero-order valence-corrected chi connectivity index (χ0v) is 10.4. The van der Waals surface area contributed by atoms with Crippen LogP contribution < -0.4 is 5.73 Å². The minimum absolute atomic E-state index is 0.144. The summed E-state index contributed by atoms with van der Waals surface area (Å²) in [5, 5.41) is 0.574. The van der Waals surface area contributed by atoms with Gasteiger partial charge in [0.2, 0.25) is 0 Å². The van der Waals surface area contributed by atoms with Crippen LogP contribution in [0.3, 0.4) is 0 Å². The molecule has 0 aromatic heterocycles. The van der Waals surface area contributed by atoms with E-state index < -0.39 is 14.9 Å².